The first-order chi connectivity index (χ1) is 37.3. The van der Waals surface area contributed by atoms with Crippen molar-refractivity contribution in [2.24, 2.45) is 0 Å². The molecule has 0 radical (unpaired) electrons. The third-order valence-electron chi connectivity index (χ3n) is 16.2. The highest BCUT2D eigenvalue weighted by Gasteiger charge is 2.42. The molecule has 0 bridgehead atoms. The summed E-state index contributed by atoms with van der Waals surface area (Å²) in [5.74, 6) is 0. The zero-order valence-electron chi connectivity index (χ0n) is 42.1. The van der Waals surface area contributed by atoms with E-state index in [1.807, 2.05) is 23.9 Å². The van der Waals surface area contributed by atoms with Crippen LogP contribution >= 0.6 is 11.8 Å². The van der Waals surface area contributed by atoms with E-state index in [0.29, 0.717) is 0 Å². The quantitative estimate of drug-likeness (QED) is 0.161. The summed E-state index contributed by atoms with van der Waals surface area (Å²) in [4.78, 5) is 5.07. The van der Waals surface area contributed by atoms with Crippen molar-refractivity contribution in [1.29, 1.82) is 0 Å². The number of nitrogens with zero attached hydrogens (tertiary/aromatic N) is 2. The van der Waals surface area contributed by atoms with E-state index in [0.717, 1.165) is 66.4 Å². The van der Waals surface area contributed by atoms with Crippen LogP contribution in [0.3, 0.4) is 0 Å². The Bertz CT molecular complexity index is 4670. The Morgan fingerprint density at radius 1 is 0.368 bits per heavy atom. The molecule has 76 heavy (non-hydrogen) atoms. The van der Waals surface area contributed by atoms with Crippen molar-refractivity contribution < 1.29 is 8.83 Å². The van der Waals surface area contributed by atoms with Crippen molar-refractivity contribution in [3.63, 3.8) is 0 Å². The van der Waals surface area contributed by atoms with Gasteiger partial charge in [-0.1, -0.05) is 184 Å². The third kappa shape index (κ3) is 6.60. The molecule has 2 aliphatic rings. The predicted molar refractivity (Wildman–Crippen MR) is 320 cm³/mol. The summed E-state index contributed by atoms with van der Waals surface area (Å²) in [6.45, 7) is 6.79. The summed E-state index contributed by atoms with van der Waals surface area (Å²) in [6, 6.07) is 85.3. The summed E-state index contributed by atoms with van der Waals surface area (Å²) in [5, 5.41) is 7.00. The van der Waals surface area contributed by atoms with Gasteiger partial charge in [-0.05, 0) is 140 Å². The summed E-state index contributed by atoms with van der Waals surface area (Å²) in [7, 11) is 0. The van der Waals surface area contributed by atoms with Crippen LogP contribution in [-0.4, -0.2) is 11.3 Å². The lowest BCUT2D eigenvalue weighted by atomic mass is 9.34. The molecule has 16 rings (SSSR count). The molecule has 0 spiro atoms. The normalized spacial score (nSPS) is 13.1. The summed E-state index contributed by atoms with van der Waals surface area (Å²) >= 11 is 1.90. The van der Waals surface area contributed by atoms with Gasteiger partial charge in [-0.3, -0.25) is 0 Å². The maximum Gasteiger partial charge on any atom is 0.249 e. The first-order valence-corrected chi connectivity index (χ1v) is 27.1. The van der Waals surface area contributed by atoms with Crippen molar-refractivity contribution >= 4 is 118 Å². The lowest BCUT2D eigenvalue weighted by Crippen LogP contribution is -2.59. The number of aromatic nitrogens is 1. The molecule has 5 heterocycles. The van der Waals surface area contributed by atoms with Gasteiger partial charge in [0, 0.05) is 64.9 Å². The Morgan fingerprint density at radius 3 is 1.46 bits per heavy atom. The van der Waals surface area contributed by atoms with Gasteiger partial charge in [0.1, 0.15) is 22.3 Å². The van der Waals surface area contributed by atoms with Gasteiger partial charge in [-0.2, -0.15) is 0 Å². The number of furan rings is 2. The second-order valence-electron chi connectivity index (χ2n) is 21.6. The van der Waals surface area contributed by atoms with Crippen molar-refractivity contribution in [3.05, 3.63) is 236 Å². The maximum atomic E-state index is 6.34. The predicted octanol–water partition coefficient (Wildman–Crippen LogP) is 17.6. The van der Waals surface area contributed by atoms with E-state index in [1.54, 1.807) is 0 Å². The highest BCUT2D eigenvalue weighted by atomic mass is 32.2. The lowest BCUT2D eigenvalue weighted by Gasteiger charge is -2.41. The van der Waals surface area contributed by atoms with Gasteiger partial charge in [0.25, 0.3) is 0 Å². The van der Waals surface area contributed by atoms with Crippen LogP contribution in [0.1, 0.15) is 26.3 Å². The minimum atomic E-state index is -0.0241. The van der Waals surface area contributed by atoms with E-state index >= 15 is 0 Å². The number of fused-ring (bicyclic) bond motifs is 13. The van der Waals surface area contributed by atoms with Crippen LogP contribution in [0, 0.1) is 0 Å². The molecule has 0 saturated carbocycles. The highest BCUT2D eigenvalue weighted by molar-refractivity contribution is 8.00. The fraction of sp³-hybridized carbons (Fsp3) is 0.0571. The molecule has 2 aliphatic heterocycles. The molecule has 6 heteroatoms. The Kier molecular flexibility index (Phi) is 9.30. The Hall–Kier alpha value is -8.97. The molecule has 0 N–H and O–H groups in total. The zero-order valence-corrected chi connectivity index (χ0v) is 43.0. The molecule has 11 aromatic carbocycles. The first-order valence-electron chi connectivity index (χ1n) is 26.2. The van der Waals surface area contributed by atoms with Gasteiger partial charge in [-0.15, -0.1) is 0 Å². The highest BCUT2D eigenvalue weighted by Crippen LogP contribution is 2.47. The molecule has 0 unspecified atom stereocenters. The average Bonchev–Trinajstić information content (AvgIpc) is 4.19. The molecule has 358 valence electrons. The number of para-hydroxylation sites is 4. The largest absolute Gasteiger partial charge is 0.456 e. The van der Waals surface area contributed by atoms with Crippen molar-refractivity contribution in [2.45, 2.75) is 36.0 Å². The van der Waals surface area contributed by atoms with Crippen molar-refractivity contribution in [2.75, 3.05) is 4.90 Å². The summed E-state index contributed by atoms with van der Waals surface area (Å²) < 4.78 is 15.1. The monoisotopic (exact) mass is 990 g/mol. The zero-order chi connectivity index (χ0) is 50.4. The maximum absolute atomic E-state index is 6.34. The fourth-order valence-corrected chi connectivity index (χ4v) is 13.7. The molecule has 0 aliphatic carbocycles. The van der Waals surface area contributed by atoms with Crippen LogP contribution in [0.5, 0.6) is 0 Å². The van der Waals surface area contributed by atoms with Gasteiger partial charge in [0.2, 0.25) is 6.71 Å². The van der Waals surface area contributed by atoms with Crippen LogP contribution in [0.25, 0.3) is 105 Å². The van der Waals surface area contributed by atoms with Gasteiger partial charge in [0.05, 0.1) is 11.0 Å². The van der Waals surface area contributed by atoms with E-state index in [9.17, 15) is 0 Å². The smallest absolute Gasteiger partial charge is 0.249 e. The molecule has 0 amide bonds. The number of anilines is 3. The molecule has 0 saturated heterocycles. The minimum absolute atomic E-state index is 0.0241. The van der Waals surface area contributed by atoms with Gasteiger partial charge in [0.15, 0.2) is 0 Å². The van der Waals surface area contributed by atoms with E-state index in [4.69, 9.17) is 8.83 Å². The standard InChI is InChI=1S/C70H47BN2O2S/c1-70(2,3)48-28-20-42(21-29-48)43-22-30-49(31-23-43)72-61-38-46(44-26-34-65-55(36-44)53-14-6-10-18-63(53)74-65)24-32-57(61)71-58-33-25-47(45-27-35-66-56(37-45)54-15-7-11-19-64(54)75-66)39-67(58)76-68-41-50(40-62(72)69(68)71)73-59-16-8-4-12-51(59)52-13-5-9-17-60(52)73/h4-41H,1-3H3. The molecule has 3 aromatic heterocycles. The second-order valence-corrected chi connectivity index (χ2v) is 22.7. The van der Waals surface area contributed by atoms with Gasteiger partial charge in [-0.25, -0.2) is 0 Å². The van der Waals surface area contributed by atoms with E-state index in [-0.39, 0.29) is 12.1 Å². The Morgan fingerprint density at radius 2 is 0.855 bits per heavy atom. The number of rotatable bonds is 5. The summed E-state index contributed by atoms with van der Waals surface area (Å²) in [5.41, 5.74) is 23.0. The van der Waals surface area contributed by atoms with E-state index < -0.39 is 0 Å². The number of benzene rings is 11. The first kappa shape index (κ1) is 43.4. The van der Waals surface area contributed by atoms with E-state index in [2.05, 4.69) is 249 Å². The average molecular weight is 991 g/mol. The van der Waals surface area contributed by atoms with Crippen molar-refractivity contribution in [1.82, 2.24) is 4.57 Å². The fourth-order valence-electron chi connectivity index (χ4n) is 12.5. The van der Waals surface area contributed by atoms with Crippen LogP contribution in [0.15, 0.2) is 249 Å². The van der Waals surface area contributed by atoms with Crippen molar-refractivity contribution in [3.8, 4) is 39.1 Å². The van der Waals surface area contributed by atoms with Crippen LogP contribution < -0.4 is 21.3 Å². The Balaban J connectivity index is 0.930. The van der Waals surface area contributed by atoms with Crippen LogP contribution in [-0.2, 0) is 5.41 Å². The molecule has 4 nitrogen and oxygen atoms in total. The Labute approximate surface area is 444 Å². The molecule has 14 aromatic rings. The topological polar surface area (TPSA) is 34.5 Å². The van der Waals surface area contributed by atoms with Crippen LogP contribution in [0.2, 0.25) is 0 Å². The molecule has 0 fully saturated rings. The molecular weight excluding hydrogens is 944 g/mol. The van der Waals surface area contributed by atoms with E-state index in [1.165, 1.54) is 87.2 Å². The lowest BCUT2D eigenvalue weighted by molar-refractivity contribution is 0.590. The van der Waals surface area contributed by atoms with Gasteiger partial charge >= 0.3 is 0 Å². The summed E-state index contributed by atoms with van der Waals surface area (Å²) in [6.07, 6.45) is 0. The number of hydrogen-bond acceptors (Lipinski definition) is 4. The van der Waals surface area contributed by atoms with Gasteiger partial charge < -0.3 is 18.3 Å². The minimum Gasteiger partial charge on any atom is -0.456 e. The van der Waals surface area contributed by atoms with Crippen LogP contribution in [0.4, 0.5) is 17.1 Å². The number of hydrogen-bond donors (Lipinski definition) is 0. The third-order valence-corrected chi connectivity index (χ3v) is 17.4. The SMILES string of the molecule is CC(C)(C)c1ccc(-c2ccc(N3c4cc(-c5ccc6oc7ccccc7c6c5)ccc4B4c5ccc(-c6ccc7oc8ccccc8c7c6)cc5Sc5cc(-n6c7ccccc7c7ccccc76)cc3c54)cc2)cc1. The second kappa shape index (κ2) is 16.3. The molecular formula is C70H47BN2O2S. The molecule has 0 atom stereocenters.